The number of rotatable bonds is 12. The number of carbonyl (C=O) groups is 2. The van der Waals surface area contributed by atoms with Crippen molar-refractivity contribution in [3.8, 4) is 0 Å². The summed E-state index contributed by atoms with van der Waals surface area (Å²) in [5.74, 6) is 1.62. The molecule has 2 heterocycles. The van der Waals surface area contributed by atoms with Crippen LogP contribution in [0.25, 0.3) is 0 Å². The minimum atomic E-state index is -0.387. The Bertz CT molecular complexity index is 1740. The van der Waals surface area contributed by atoms with Crippen LogP contribution in [-0.4, -0.2) is 59.6 Å². The molecule has 6 rings (SSSR count). The third kappa shape index (κ3) is 11.6. The van der Waals surface area contributed by atoms with Crippen molar-refractivity contribution in [2.75, 3.05) is 26.2 Å². The number of nitrogens with zero attached hydrogens (tertiary/aromatic N) is 4. The molecule has 0 aromatic heterocycles. The molecule has 0 N–H and O–H groups in total. The van der Waals surface area contributed by atoms with Gasteiger partial charge in [-0.3, -0.25) is 9.68 Å². The normalized spacial score (nSPS) is 16.1. The zero-order chi connectivity index (χ0) is 38.6. The number of piperidine rings is 2. The molecule has 0 atom stereocenters. The Hall–Kier alpha value is -4.89. The fraction of sp³-hybridized carbons (Fsp3) is 0.391. The second-order valence-electron chi connectivity index (χ2n) is 15.5. The molecule has 0 saturated carbocycles. The molecule has 4 aromatic rings. The van der Waals surface area contributed by atoms with Gasteiger partial charge in [0.15, 0.2) is 0 Å². The first-order valence-electron chi connectivity index (χ1n) is 19.8. The van der Waals surface area contributed by atoms with Crippen LogP contribution in [0.1, 0.15) is 100 Å². The highest BCUT2D eigenvalue weighted by Gasteiger charge is 2.26. The summed E-state index contributed by atoms with van der Waals surface area (Å²) < 4.78 is 0. The third-order valence-electron chi connectivity index (χ3n) is 10.3. The van der Waals surface area contributed by atoms with E-state index in [0.717, 1.165) is 58.0 Å². The largest absolute Gasteiger partial charge is 0.435 e. The van der Waals surface area contributed by atoms with Gasteiger partial charge in [0, 0.05) is 36.0 Å². The van der Waals surface area contributed by atoms with E-state index in [9.17, 15) is 9.59 Å². The molecule has 0 spiro atoms. The standard InChI is InChI=1S/C46H54N4O4S/c1-33(2)31-43(47-53-45(51)49-27-23-37(24-28-49)35-11-7-5-8-12-35)39-15-19-41(20-16-39)55-42-21-17-40(18-22-42)44(32-34(3)4)48-54-46(52)50-29-25-38(26-30-50)36-13-9-6-10-14-36/h5-22,33-34,37-38H,23-32H2,1-4H3/b47-43+,48-44+. The van der Waals surface area contributed by atoms with Gasteiger partial charge in [-0.15, -0.1) is 0 Å². The predicted molar refractivity (Wildman–Crippen MR) is 222 cm³/mol. The topological polar surface area (TPSA) is 83.8 Å². The molecule has 0 radical (unpaired) electrons. The average Bonchev–Trinajstić information content (AvgIpc) is 3.22. The maximum absolute atomic E-state index is 13.0. The van der Waals surface area contributed by atoms with E-state index in [0.29, 0.717) is 62.7 Å². The van der Waals surface area contributed by atoms with Crippen molar-refractivity contribution in [2.45, 2.75) is 87.8 Å². The first-order chi connectivity index (χ1) is 26.7. The van der Waals surface area contributed by atoms with Crippen molar-refractivity contribution < 1.29 is 19.3 Å². The van der Waals surface area contributed by atoms with Crippen LogP contribution in [0.15, 0.2) is 129 Å². The monoisotopic (exact) mass is 758 g/mol. The summed E-state index contributed by atoms with van der Waals surface area (Å²) >= 11 is 1.66. The summed E-state index contributed by atoms with van der Waals surface area (Å²) in [5, 5.41) is 8.77. The molecule has 9 heteroatoms. The van der Waals surface area contributed by atoms with Gasteiger partial charge < -0.3 is 9.80 Å². The van der Waals surface area contributed by atoms with E-state index in [1.165, 1.54) is 11.1 Å². The van der Waals surface area contributed by atoms with Crippen molar-refractivity contribution in [3.05, 3.63) is 131 Å². The lowest BCUT2D eigenvalue weighted by Gasteiger charge is -2.30. The van der Waals surface area contributed by atoms with Crippen LogP contribution in [-0.2, 0) is 9.68 Å². The smallest absolute Gasteiger partial charge is 0.306 e. The van der Waals surface area contributed by atoms with E-state index in [4.69, 9.17) is 9.68 Å². The lowest BCUT2D eigenvalue weighted by molar-refractivity contribution is 0.0946. The molecule has 0 unspecified atom stereocenters. The van der Waals surface area contributed by atoms with Gasteiger partial charge >= 0.3 is 12.2 Å². The Morgan fingerprint density at radius 1 is 0.564 bits per heavy atom. The van der Waals surface area contributed by atoms with Gasteiger partial charge in [-0.25, -0.2) is 9.59 Å². The summed E-state index contributed by atoms with van der Waals surface area (Å²) in [4.78, 5) is 42.7. The third-order valence-corrected chi connectivity index (χ3v) is 11.3. The quantitative estimate of drug-likeness (QED) is 0.0816. The molecule has 55 heavy (non-hydrogen) atoms. The number of likely N-dealkylation sites (tertiary alicyclic amines) is 2. The van der Waals surface area contributed by atoms with E-state index in [2.05, 4.69) is 111 Å². The minimum absolute atomic E-state index is 0.344. The maximum Gasteiger partial charge on any atom is 0.435 e. The molecule has 2 saturated heterocycles. The number of hydrogen-bond acceptors (Lipinski definition) is 7. The van der Waals surface area contributed by atoms with E-state index in [1.54, 1.807) is 21.6 Å². The van der Waals surface area contributed by atoms with Gasteiger partial charge in [-0.1, -0.05) is 135 Å². The second kappa shape index (κ2) is 19.6. The highest BCUT2D eigenvalue weighted by molar-refractivity contribution is 7.99. The van der Waals surface area contributed by atoms with Gasteiger partial charge in [0.1, 0.15) is 0 Å². The number of benzene rings is 4. The van der Waals surface area contributed by atoms with E-state index in [-0.39, 0.29) is 12.2 Å². The molecule has 2 amide bonds. The highest BCUT2D eigenvalue weighted by atomic mass is 32.2. The van der Waals surface area contributed by atoms with Crippen LogP contribution in [0.5, 0.6) is 0 Å². The Labute approximate surface area is 331 Å². The van der Waals surface area contributed by atoms with Crippen LogP contribution in [0.4, 0.5) is 9.59 Å². The maximum atomic E-state index is 13.0. The molecule has 4 aromatic carbocycles. The second-order valence-corrected chi connectivity index (χ2v) is 16.6. The predicted octanol–water partition coefficient (Wildman–Crippen LogP) is 11.4. The van der Waals surface area contributed by atoms with Crippen molar-refractivity contribution in [1.29, 1.82) is 0 Å². The molecule has 2 aliphatic heterocycles. The summed E-state index contributed by atoms with van der Waals surface area (Å²) in [5.41, 5.74) is 6.06. The van der Waals surface area contributed by atoms with Crippen LogP contribution in [0.3, 0.4) is 0 Å². The number of carbonyl (C=O) groups excluding carboxylic acids is 2. The molecule has 0 aliphatic carbocycles. The fourth-order valence-corrected chi connectivity index (χ4v) is 8.12. The molecule has 2 aliphatic rings. The van der Waals surface area contributed by atoms with Crippen LogP contribution < -0.4 is 0 Å². The fourth-order valence-electron chi connectivity index (χ4n) is 7.30. The Balaban J connectivity index is 1.03. The summed E-state index contributed by atoms with van der Waals surface area (Å²) in [6.07, 6.45) is 4.29. The highest BCUT2D eigenvalue weighted by Crippen LogP contribution is 2.31. The van der Waals surface area contributed by atoms with Gasteiger partial charge in [-0.2, -0.15) is 0 Å². The molecule has 8 nitrogen and oxygen atoms in total. The summed E-state index contributed by atoms with van der Waals surface area (Å²) in [7, 11) is 0. The Morgan fingerprint density at radius 3 is 1.24 bits per heavy atom. The van der Waals surface area contributed by atoms with Gasteiger partial charge in [-0.05, 0) is 109 Å². The van der Waals surface area contributed by atoms with Crippen molar-refractivity contribution in [2.24, 2.45) is 22.1 Å². The molecule has 288 valence electrons. The zero-order valence-electron chi connectivity index (χ0n) is 32.6. The lowest BCUT2D eigenvalue weighted by atomic mass is 9.90. The van der Waals surface area contributed by atoms with Crippen LogP contribution in [0.2, 0.25) is 0 Å². The number of hydrogen-bond donors (Lipinski definition) is 0. The zero-order valence-corrected chi connectivity index (χ0v) is 33.4. The summed E-state index contributed by atoms with van der Waals surface area (Å²) in [6, 6.07) is 37.5. The van der Waals surface area contributed by atoms with E-state index in [1.807, 2.05) is 36.4 Å². The van der Waals surface area contributed by atoms with Crippen molar-refractivity contribution in [1.82, 2.24) is 9.80 Å². The minimum Gasteiger partial charge on any atom is -0.306 e. The van der Waals surface area contributed by atoms with Crippen molar-refractivity contribution in [3.63, 3.8) is 0 Å². The molecular formula is C46H54N4O4S. The number of oxime groups is 2. The first-order valence-corrected chi connectivity index (χ1v) is 20.6. The Morgan fingerprint density at radius 2 is 0.909 bits per heavy atom. The molecular weight excluding hydrogens is 705 g/mol. The van der Waals surface area contributed by atoms with Gasteiger partial charge in [0.2, 0.25) is 0 Å². The Kier molecular flexibility index (Phi) is 14.2. The van der Waals surface area contributed by atoms with E-state index < -0.39 is 0 Å². The first kappa shape index (κ1) is 39.8. The SMILES string of the molecule is CC(C)C/C(=N\OC(=O)N1CCC(c2ccccc2)CC1)c1ccc(Sc2ccc(/C(CC(C)C)=N/OC(=O)N3CCC(c4ccccc4)CC3)cc2)cc1. The van der Waals surface area contributed by atoms with Crippen LogP contribution >= 0.6 is 11.8 Å². The molecule has 2 fully saturated rings. The van der Waals surface area contributed by atoms with Crippen LogP contribution in [0, 0.1) is 11.8 Å². The summed E-state index contributed by atoms with van der Waals surface area (Å²) in [6.45, 7) is 11.2. The molecule has 0 bridgehead atoms. The lowest BCUT2D eigenvalue weighted by Crippen LogP contribution is -2.37. The average molecular weight is 759 g/mol. The van der Waals surface area contributed by atoms with Crippen molar-refractivity contribution >= 4 is 35.4 Å². The number of amides is 2. The van der Waals surface area contributed by atoms with Gasteiger partial charge in [0.25, 0.3) is 0 Å². The van der Waals surface area contributed by atoms with Gasteiger partial charge in [0.05, 0.1) is 11.4 Å². The van der Waals surface area contributed by atoms with E-state index >= 15 is 0 Å².